The molecule has 106 valence electrons. The van der Waals surface area contributed by atoms with Crippen molar-refractivity contribution in [1.29, 1.82) is 0 Å². The number of aryl methyl sites for hydroxylation is 1. The minimum Gasteiger partial charge on any atom is -0.381 e. The van der Waals surface area contributed by atoms with Crippen LogP contribution >= 0.6 is 11.3 Å². The van der Waals surface area contributed by atoms with Gasteiger partial charge in [0.05, 0.1) is 20.1 Å². The normalized spacial score (nSPS) is 10.7. The van der Waals surface area contributed by atoms with Gasteiger partial charge in [-0.1, -0.05) is 12.1 Å². The first-order chi connectivity index (χ1) is 10.1. The number of anilines is 1. The number of nitro groups is 1. The van der Waals surface area contributed by atoms with Crippen molar-refractivity contribution >= 4 is 32.9 Å². The third-order valence-electron chi connectivity index (χ3n) is 3.14. The molecule has 3 rings (SSSR count). The summed E-state index contributed by atoms with van der Waals surface area (Å²) in [5.74, 6) is 0. The summed E-state index contributed by atoms with van der Waals surface area (Å²) in [5.41, 5.74) is 3.14. The Morgan fingerprint density at radius 3 is 2.71 bits per heavy atom. The maximum Gasteiger partial charge on any atom is 0.269 e. The van der Waals surface area contributed by atoms with Gasteiger partial charge in [0.1, 0.15) is 0 Å². The zero-order chi connectivity index (χ0) is 14.8. The van der Waals surface area contributed by atoms with Crippen LogP contribution < -0.4 is 5.32 Å². The van der Waals surface area contributed by atoms with E-state index in [1.54, 1.807) is 23.5 Å². The summed E-state index contributed by atoms with van der Waals surface area (Å²) in [6.45, 7) is 2.62. The van der Waals surface area contributed by atoms with Crippen LogP contribution in [0.5, 0.6) is 0 Å². The van der Waals surface area contributed by atoms with Crippen molar-refractivity contribution in [3.05, 3.63) is 63.1 Å². The first kappa shape index (κ1) is 13.5. The van der Waals surface area contributed by atoms with E-state index in [1.165, 1.54) is 12.1 Å². The zero-order valence-electron chi connectivity index (χ0n) is 11.4. The van der Waals surface area contributed by atoms with Gasteiger partial charge in [0.25, 0.3) is 5.69 Å². The lowest BCUT2D eigenvalue weighted by molar-refractivity contribution is -0.384. The first-order valence-corrected chi connectivity index (χ1v) is 7.28. The van der Waals surface area contributed by atoms with E-state index >= 15 is 0 Å². The Labute approximate surface area is 125 Å². The number of benzene rings is 2. The molecule has 21 heavy (non-hydrogen) atoms. The third-order valence-corrected chi connectivity index (χ3v) is 4.07. The smallest absolute Gasteiger partial charge is 0.269 e. The average Bonchev–Trinajstić information content (AvgIpc) is 2.84. The Morgan fingerprint density at radius 1 is 1.24 bits per heavy atom. The fraction of sp³-hybridized carbons (Fsp3) is 0.133. The number of nitrogens with zero attached hydrogens (tertiary/aromatic N) is 2. The molecule has 5 nitrogen and oxygen atoms in total. The fourth-order valence-electron chi connectivity index (χ4n) is 2.09. The molecule has 0 spiro atoms. The van der Waals surface area contributed by atoms with E-state index in [0.29, 0.717) is 6.54 Å². The molecule has 1 heterocycles. The lowest BCUT2D eigenvalue weighted by Crippen LogP contribution is -1.99. The summed E-state index contributed by atoms with van der Waals surface area (Å²) in [7, 11) is 0. The van der Waals surface area contributed by atoms with Crippen molar-refractivity contribution in [3.63, 3.8) is 0 Å². The molecule has 0 bridgehead atoms. The topological polar surface area (TPSA) is 68.1 Å². The lowest BCUT2D eigenvalue weighted by Gasteiger charge is -2.06. The standard InChI is InChI=1S/C15H13N3O2S/c1-10-17-14-7-4-12(8-15(14)21-10)16-9-11-2-5-13(6-3-11)18(19)20/h2-8,16H,9H2,1H3. The van der Waals surface area contributed by atoms with Crippen LogP contribution in [0, 0.1) is 17.0 Å². The SMILES string of the molecule is Cc1nc2ccc(NCc3ccc([N+](=O)[O-])cc3)cc2s1. The number of nitrogens with one attached hydrogen (secondary N) is 1. The number of non-ortho nitro benzene ring substituents is 1. The molecule has 1 N–H and O–H groups in total. The molecular weight excluding hydrogens is 286 g/mol. The van der Waals surface area contributed by atoms with Gasteiger partial charge in [0.2, 0.25) is 0 Å². The molecule has 0 atom stereocenters. The highest BCUT2D eigenvalue weighted by Gasteiger charge is 2.04. The largest absolute Gasteiger partial charge is 0.381 e. The van der Waals surface area contributed by atoms with Crippen molar-refractivity contribution in [3.8, 4) is 0 Å². The Morgan fingerprint density at radius 2 is 2.00 bits per heavy atom. The quantitative estimate of drug-likeness (QED) is 0.581. The van der Waals surface area contributed by atoms with Crippen LogP contribution in [0.15, 0.2) is 42.5 Å². The summed E-state index contributed by atoms with van der Waals surface area (Å²) < 4.78 is 1.15. The van der Waals surface area contributed by atoms with Crippen molar-refractivity contribution in [2.75, 3.05) is 5.32 Å². The molecule has 0 saturated carbocycles. The van der Waals surface area contributed by atoms with Crippen molar-refractivity contribution in [2.45, 2.75) is 13.5 Å². The van der Waals surface area contributed by atoms with Gasteiger partial charge in [-0.2, -0.15) is 0 Å². The number of nitro benzene ring substituents is 1. The lowest BCUT2D eigenvalue weighted by atomic mass is 10.2. The Hall–Kier alpha value is -2.47. The minimum absolute atomic E-state index is 0.111. The van der Waals surface area contributed by atoms with Crippen LogP contribution in [0.2, 0.25) is 0 Å². The molecule has 1 aromatic heterocycles. The van der Waals surface area contributed by atoms with Gasteiger partial charge in [0, 0.05) is 24.4 Å². The molecule has 0 aliphatic carbocycles. The molecule has 3 aromatic rings. The molecule has 0 saturated heterocycles. The van der Waals surface area contributed by atoms with E-state index in [-0.39, 0.29) is 5.69 Å². The van der Waals surface area contributed by atoms with Gasteiger partial charge in [-0.05, 0) is 30.7 Å². The molecule has 0 amide bonds. The Balaban J connectivity index is 1.71. The summed E-state index contributed by atoms with van der Waals surface area (Å²) >= 11 is 1.67. The summed E-state index contributed by atoms with van der Waals surface area (Å²) in [6, 6.07) is 12.6. The Bertz CT molecular complexity index is 796. The Kier molecular flexibility index (Phi) is 3.53. The van der Waals surface area contributed by atoms with Crippen LogP contribution in [0.1, 0.15) is 10.6 Å². The number of hydrogen-bond donors (Lipinski definition) is 1. The highest BCUT2D eigenvalue weighted by Crippen LogP contribution is 2.25. The van der Waals surface area contributed by atoms with Gasteiger partial charge in [-0.15, -0.1) is 11.3 Å². The van der Waals surface area contributed by atoms with Gasteiger partial charge in [-0.25, -0.2) is 4.98 Å². The predicted octanol–water partition coefficient (Wildman–Crippen LogP) is 4.13. The minimum atomic E-state index is -0.392. The van der Waals surface area contributed by atoms with Crippen molar-refractivity contribution < 1.29 is 4.92 Å². The van der Waals surface area contributed by atoms with Crippen LogP contribution in [-0.2, 0) is 6.54 Å². The first-order valence-electron chi connectivity index (χ1n) is 6.46. The van der Waals surface area contributed by atoms with E-state index in [1.807, 2.05) is 19.1 Å². The summed E-state index contributed by atoms with van der Waals surface area (Å²) in [4.78, 5) is 14.6. The number of thiazole rings is 1. The van der Waals surface area contributed by atoms with Gasteiger partial charge in [0.15, 0.2) is 0 Å². The van der Waals surface area contributed by atoms with E-state index in [0.717, 1.165) is 26.5 Å². The van der Waals surface area contributed by atoms with Gasteiger partial charge in [-0.3, -0.25) is 10.1 Å². The van der Waals surface area contributed by atoms with Crippen LogP contribution in [0.4, 0.5) is 11.4 Å². The van der Waals surface area contributed by atoms with Gasteiger partial charge >= 0.3 is 0 Å². The third kappa shape index (κ3) is 3.00. The molecule has 6 heteroatoms. The zero-order valence-corrected chi connectivity index (χ0v) is 12.2. The van der Waals surface area contributed by atoms with Crippen molar-refractivity contribution in [1.82, 2.24) is 4.98 Å². The second-order valence-corrected chi connectivity index (χ2v) is 5.93. The summed E-state index contributed by atoms with van der Waals surface area (Å²) in [6.07, 6.45) is 0. The van der Waals surface area contributed by atoms with E-state index in [4.69, 9.17) is 0 Å². The number of hydrogen-bond acceptors (Lipinski definition) is 5. The summed E-state index contributed by atoms with van der Waals surface area (Å²) in [5, 5.41) is 15.0. The van der Waals surface area contributed by atoms with Crippen LogP contribution in [0.25, 0.3) is 10.2 Å². The van der Waals surface area contributed by atoms with Gasteiger partial charge < -0.3 is 5.32 Å². The molecule has 0 unspecified atom stereocenters. The number of fused-ring (bicyclic) bond motifs is 1. The van der Waals surface area contributed by atoms with E-state index in [9.17, 15) is 10.1 Å². The van der Waals surface area contributed by atoms with Crippen LogP contribution in [-0.4, -0.2) is 9.91 Å². The maximum atomic E-state index is 10.6. The molecule has 2 aromatic carbocycles. The fourth-order valence-corrected chi connectivity index (χ4v) is 2.96. The average molecular weight is 299 g/mol. The number of rotatable bonds is 4. The molecule has 0 aliphatic heterocycles. The monoisotopic (exact) mass is 299 g/mol. The predicted molar refractivity (Wildman–Crippen MR) is 84.8 cm³/mol. The van der Waals surface area contributed by atoms with E-state index < -0.39 is 4.92 Å². The van der Waals surface area contributed by atoms with Crippen LogP contribution in [0.3, 0.4) is 0 Å². The molecule has 0 aliphatic rings. The molecule has 0 radical (unpaired) electrons. The number of aromatic nitrogens is 1. The molecular formula is C15H13N3O2S. The highest BCUT2D eigenvalue weighted by atomic mass is 32.1. The van der Waals surface area contributed by atoms with E-state index in [2.05, 4.69) is 16.4 Å². The highest BCUT2D eigenvalue weighted by molar-refractivity contribution is 7.18. The second-order valence-electron chi connectivity index (χ2n) is 4.69. The second kappa shape index (κ2) is 5.49. The maximum absolute atomic E-state index is 10.6. The van der Waals surface area contributed by atoms with Crippen molar-refractivity contribution in [2.24, 2.45) is 0 Å². The molecule has 0 fully saturated rings.